The van der Waals surface area contributed by atoms with Crippen LogP contribution in [0, 0.1) is 23.6 Å². The van der Waals surface area contributed by atoms with Gasteiger partial charge < -0.3 is 14.7 Å². The number of carbonyl (C=O) groups is 1. The molecule has 0 radical (unpaired) electrons. The predicted molar refractivity (Wildman–Crippen MR) is 167 cm³/mol. The number of nitrogens with zero attached hydrogens (tertiary/aromatic N) is 2. The van der Waals surface area contributed by atoms with Gasteiger partial charge in [0.25, 0.3) is 0 Å². The summed E-state index contributed by atoms with van der Waals surface area (Å²) >= 11 is 13.6. The number of rotatable bonds is 5. The van der Waals surface area contributed by atoms with Gasteiger partial charge in [0.15, 0.2) is 17.2 Å². The maximum absolute atomic E-state index is 14.2. The Bertz CT molecular complexity index is 1580. The zero-order valence-corrected chi connectivity index (χ0v) is 27.1. The molecule has 2 aromatic carbocycles. The number of hydrogen-bond acceptors (Lipinski definition) is 6. The van der Waals surface area contributed by atoms with Gasteiger partial charge in [-0.1, -0.05) is 61.6 Å². The first-order valence-electron chi connectivity index (χ1n) is 14.5. The number of aliphatic hydroxyl groups excluding tert-OH is 1. The van der Waals surface area contributed by atoms with E-state index in [2.05, 4.69) is 17.1 Å². The summed E-state index contributed by atoms with van der Waals surface area (Å²) in [5.74, 6) is 0.826. The summed E-state index contributed by atoms with van der Waals surface area (Å²) in [7, 11) is 0. The van der Waals surface area contributed by atoms with Gasteiger partial charge in [0.1, 0.15) is 11.2 Å². The van der Waals surface area contributed by atoms with E-state index in [1.807, 2.05) is 13.8 Å². The van der Waals surface area contributed by atoms with Gasteiger partial charge >= 0.3 is 5.97 Å². The number of fused-ring (bicyclic) bond motifs is 3. The molecule has 11 heteroatoms. The third-order valence-corrected chi connectivity index (χ3v) is 9.90. The Kier molecular flexibility index (Phi) is 10.5. The molecule has 6 rings (SSSR count). The fraction of sp³-hybridized carbons (Fsp3) is 0.469. The number of carboxylic acid groups (broad SMARTS) is 1. The Morgan fingerprint density at radius 2 is 1.86 bits per heavy atom. The third-order valence-electron chi connectivity index (χ3n) is 8.17. The number of benzene rings is 2. The summed E-state index contributed by atoms with van der Waals surface area (Å²) in [5, 5.41) is 24.0. The minimum absolute atomic E-state index is 0.000171. The Morgan fingerprint density at radius 3 is 2.44 bits per heavy atom. The number of aromatic carboxylic acids is 1. The maximum Gasteiger partial charge on any atom is 0.335 e. The van der Waals surface area contributed by atoms with Crippen LogP contribution in [0.3, 0.4) is 0 Å². The topological polar surface area (TPSA) is 96.5 Å². The molecule has 2 fully saturated rings. The van der Waals surface area contributed by atoms with E-state index in [9.17, 15) is 18.7 Å². The lowest BCUT2D eigenvalue weighted by Crippen LogP contribution is -2.19. The highest BCUT2D eigenvalue weighted by molar-refractivity contribution is 7.18. The van der Waals surface area contributed by atoms with Crippen LogP contribution in [-0.2, 0) is 12.3 Å². The summed E-state index contributed by atoms with van der Waals surface area (Å²) in [5.41, 5.74) is -0.477. The van der Waals surface area contributed by atoms with E-state index in [1.165, 1.54) is 50.9 Å². The van der Waals surface area contributed by atoms with Gasteiger partial charge in [-0.25, -0.2) is 18.6 Å². The van der Waals surface area contributed by atoms with Crippen molar-refractivity contribution in [2.75, 3.05) is 0 Å². The second kappa shape index (κ2) is 13.6. The van der Waals surface area contributed by atoms with Crippen molar-refractivity contribution in [1.29, 1.82) is 0 Å². The number of aliphatic hydroxyl groups is 1. The van der Waals surface area contributed by atoms with Crippen molar-refractivity contribution in [2.24, 2.45) is 17.8 Å². The van der Waals surface area contributed by atoms with E-state index < -0.39 is 24.1 Å². The summed E-state index contributed by atoms with van der Waals surface area (Å²) in [6, 6.07) is 7.59. The summed E-state index contributed by atoms with van der Waals surface area (Å²) < 4.78 is 33.8. The average Bonchev–Trinajstić information content (AvgIpc) is 3.63. The van der Waals surface area contributed by atoms with Crippen LogP contribution in [0.25, 0.3) is 21.5 Å². The highest BCUT2D eigenvalue weighted by atomic mass is 35.5. The van der Waals surface area contributed by atoms with E-state index in [4.69, 9.17) is 32.8 Å². The maximum atomic E-state index is 14.2. The molecule has 2 aliphatic carbocycles. The SMILES string of the molecule is CC.CC(C)(F)c1onc(-c2c(Cl)cccc2Cl)c1CO.CC1CC2CCCC1C2c1nc2c(F)cc(C(=O)O)cc2s1. The Balaban J connectivity index is 0.000000188. The zero-order chi connectivity index (χ0) is 31.6. The summed E-state index contributed by atoms with van der Waals surface area (Å²) in [6.07, 6.45) is 5.01. The van der Waals surface area contributed by atoms with Gasteiger partial charge in [-0.2, -0.15) is 0 Å². The second-order valence-electron chi connectivity index (χ2n) is 11.3. The first-order chi connectivity index (χ1) is 20.4. The van der Waals surface area contributed by atoms with Crippen LogP contribution in [0.5, 0.6) is 0 Å². The number of hydrogen-bond donors (Lipinski definition) is 2. The van der Waals surface area contributed by atoms with Crippen LogP contribution in [0.2, 0.25) is 10.0 Å². The van der Waals surface area contributed by atoms with E-state index in [0.717, 1.165) is 11.1 Å². The summed E-state index contributed by atoms with van der Waals surface area (Å²) in [4.78, 5) is 15.6. The largest absolute Gasteiger partial charge is 0.478 e. The lowest BCUT2D eigenvalue weighted by atomic mass is 9.78. The molecule has 4 atom stereocenters. The first-order valence-corrected chi connectivity index (χ1v) is 16.0. The van der Waals surface area contributed by atoms with E-state index in [1.54, 1.807) is 24.3 Å². The van der Waals surface area contributed by atoms with Crippen molar-refractivity contribution in [3.05, 3.63) is 68.1 Å². The highest BCUT2D eigenvalue weighted by Gasteiger charge is 2.45. The molecular weight excluding hydrogens is 617 g/mol. The van der Waals surface area contributed by atoms with E-state index in [0.29, 0.717) is 49.5 Å². The van der Waals surface area contributed by atoms with Crippen molar-refractivity contribution in [3.63, 3.8) is 0 Å². The number of carboxylic acids is 1. The molecule has 4 aromatic rings. The standard InChI is InChI=1S/C17H18FNO2S.C13H12Cl2FNO2.C2H6/c1-8-5-9-3-2-4-11(8)14(9)16-19-15-12(18)6-10(17(20)21)7-13(15)22-16;1-13(2,16)12-7(6-18)11(17-19-12)10-8(14)4-3-5-9(10)15;1-2/h6-9,11,14H,2-5H2,1H3,(H,20,21);3-5,18H,6H2,1-2H3;1-2H3. The molecule has 4 unspecified atom stereocenters. The van der Waals surface area contributed by atoms with Crippen LogP contribution in [-0.4, -0.2) is 26.3 Å². The van der Waals surface area contributed by atoms with Gasteiger partial charge in [-0.3, -0.25) is 0 Å². The molecule has 2 N–H and O–H groups in total. The molecule has 2 saturated carbocycles. The second-order valence-corrected chi connectivity index (χ2v) is 13.2. The van der Waals surface area contributed by atoms with Gasteiger partial charge in [0.2, 0.25) is 0 Å². The molecule has 0 aliphatic heterocycles. The summed E-state index contributed by atoms with van der Waals surface area (Å²) in [6.45, 7) is 8.55. The van der Waals surface area contributed by atoms with E-state index in [-0.39, 0.29) is 22.6 Å². The van der Waals surface area contributed by atoms with Crippen molar-refractivity contribution in [3.8, 4) is 11.3 Å². The van der Waals surface area contributed by atoms with Crippen LogP contribution in [0.1, 0.15) is 92.9 Å². The van der Waals surface area contributed by atoms with E-state index >= 15 is 0 Å². The Morgan fingerprint density at radius 1 is 1.19 bits per heavy atom. The highest BCUT2D eigenvalue weighted by Crippen LogP contribution is 2.56. The number of halogens is 4. The first kappa shape index (κ1) is 33.3. The Labute approximate surface area is 264 Å². The van der Waals surface area contributed by atoms with Crippen LogP contribution < -0.4 is 0 Å². The number of alkyl halides is 1. The molecular formula is C32H36Cl2F2N2O4S. The lowest BCUT2D eigenvalue weighted by molar-refractivity contribution is 0.0696. The molecule has 6 nitrogen and oxygen atoms in total. The molecule has 2 aromatic heterocycles. The minimum atomic E-state index is -1.75. The van der Waals surface area contributed by atoms with Gasteiger partial charge in [0.05, 0.1) is 37.5 Å². The molecule has 43 heavy (non-hydrogen) atoms. The lowest BCUT2D eigenvalue weighted by Gasteiger charge is -2.29. The minimum Gasteiger partial charge on any atom is -0.478 e. The molecule has 2 bridgehead atoms. The van der Waals surface area contributed by atoms with Crippen LogP contribution in [0.15, 0.2) is 34.9 Å². The van der Waals surface area contributed by atoms with Crippen molar-refractivity contribution in [1.82, 2.24) is 10.1 Å². The molecule has 0 saturated heterocycles. The molecule has 0 spiro atoms. The van der Waals surface area contributed by atoms with Gasteiger partial charge in [-0.15, -0.1) is 11.3 Å². The zero-order valence-electron chi connectivity index (χ0n) is 24.8. The van der Waals surface area contributed by atoms with Crippen molar-refractivity contribution < 1.29 is 28.3 Å². The fourth-order valence-corrected chi connectivity index (χ4v) is 8.25. The smallest absolute Gasteiger partial charge is 0.335 e. The third kappa shape index (κ3) is 6.75. The molecule has 2 aliphatic rings. The monoisotopic (exact) mass is 652 g/mol. The molecule has 0 amide bonds. The number of aromatic nitrogens is 2. The van der Waals surface area contributed by atoms with Crippen molar-refractivity contribution in [2.45, 2.75) is 78.5 Å². The average molecular weight is 654 g/mol. The van der Waals surface area contributed by atoms with Crippen molar-refractivity contribution >= 4 is 50.7 Å². The van der Waals surface area contributed by atoms with Crippen LogP contribution >= 0.6 is 34.5 Å². The molecule has 232 valence electrons. The Hall–Kier alpha value is -2.59. The quantitative estimate of drug-likeness (QED) is 0.223. The van der Waals surface area contributed by atoms with Crippen LogP contribution in [0.4, 0.5) is 8.78 Å². The van der Waals surface area contributed by atoms with Gasteiger partial charge in [0, 0.05) is 11.5 Å². The fourth-order valence-electron chi connectivity index (χ4n) is 6.38. The number of thiazole rings is 1. The normalized spacial score (nSPS) is 21.2. The molecule has 2 heterocycles. The predicted octanol–water partition coefficient (Wildman–Crippen LogP) is 10.0. The van der Waals surface area contributed by atoms with Gasteiger partial charge in [-0.05, 0) is 75.1 Å².